The van der Waals surface area contributed by atoms with Crippen LogP contribution in [-0.2, 0) is 16.0 Å². The molecule has 0 spiro atoms. The molecule has 1 unspecified atom stereocenters. The smallest absolute Gasteiger partial charge is 0.187 e. The summed E-state index contributed by atoms with van der Waals surface area (Å²) in [6.07, 6.45) is 14.7. The Hall–Kier alpha value is -3.40. The van der Waals surface area contributed by atoms with Gasteiger partial charge in [-0.2, -0.15) is 0 Å². The summed E-state index contributed by atoms with van der Waals surface area (Å²) < 4.78 is 6.44. The second kappa shape index (κ2) is 12.0. The molecule has 4 heteroatoms. The molecule has 0 aromatic heterocycles. The van der Waals surface area contributed by atoms with E-state index in [1.54, 1.807) is 6.07 Å². The third-order valence-electron chi connectivity index (χ3n) is 6.41. The normalized spacial score (nSPS) is 17.4. The maximum Gasteiger partial charge on any atom is 0.187 e. The minimum atomic E-state index is -0.647. The Kier molecular flexibility index (Phi) is 9.08. The number of benzene rings is 1. The Morgan fingerprint density at radius 3 is 2.11 bits per heavy atom. The number of phenols is 1. The second-order valence-electron chi connectivity index (χ2n) is 10.3. The molecule has 0 fully saturated rings. The lowest BCUT2D eigenvalue weighted by Crippen LogP contribution is -2.31. The molecule has 0 amide bonds. The van der Waals surface area contributed by atoms with Crippen LogP contribution in [-0.4, -0.2) is 22.8 Å². The summed E-state index contributed by atoms with van der Waals surface area (Å²) in [5, 5.41) is 10.5. The average Bonchev–Trinajstić information content (AvgIpc) is 2.79. The first kappa shape index (κ1) is 27.2. The molecule has 0 saturated heterocycles. The first-order valence-electron chi connectivity index (χ1n) is 12.7. The van der Waals surface area contributed by atoms with Gasteiger partial charge in [0.15, 0.2) is 11.6 Å². The summed E-state index contributed by atoms with van der Waals surface area (Å²) in [6.45, 7) is 12.5. The Morgan fingerprint density at radius 2 is 1.47 bits per heavy atom. The number of hydrogen-bond acceptors (Lipinski definition) is 4. The number of rotatable bonds is 9. The number of phenolic OH excluding ortho intramolecular Hbond substituents is 1. The first-order valence-corrected chi connectivity index (χ1v) is 12.7. The topological polar surface area (TPSA) is 63.6 Å². The van der Waals surface area contributed by atoms with Gasteiger partial charge in [0.1, 0.15) is 17.6 Å². The molecule has 0 bridgehead atoms. The molecule has 190 valence electrons. The second-order valence-corrected chi connectivity index (χ2v) is 10.3. The molecule has 2 aliphatic rings. The monoisotopic (exact) mass is 486 g/mol. The minimum absolute atomic E-state index is 0.0523. The predicted octanol–water partition coefficient (Wildman–Crippen LogP) is 7.54. The van der Waals surface area contributed by atoms with Gasteiger partial charge in [-0.05, 0) is 104 Å². The highest BCUT2D eigenvalue weighted by Crippen LogP contribution is 2.43. The third-order valence-corrected chi connectivity index (χ3v) is 6.41. The summed E-state index contributed by atoms with van der Waals surface area (Å²) in [7, 11) is 0. The van der Waals surface area contributed by atoms with Crippen molar-refractivity contribution in [3.05, 3.63) is 87.6 Å². The van der Waals surface area contributed by atoms with E-state index >= 15 is 0 Å². The fraction of sp³-hybridized carbons (Fsp3) is 0.375. The molecule has 1 aliphatic carbocycles. The lowest BCUT2D eigenvalue weighted by Gasteiger charge is -2.31. The predicted molar refractivity (Wildman–Crippen MR) is 147 cm³/mol. The van der Waals surface area contributed by atoms with Gasteiger partial charge in [-0.15, -0.1) is 0 Å². The summed E-state index contributed by atoms with van der Waals surface area (Å²) in [5.74, 6) is 0.152. The van der Waals surface area contributed by atoms with Gasteiger partial charge in [-0.25, -0.2) is 0 Å². The number of carbonyl (C=O) groups is 2. The lowest BCUT2D eigenvalue weighted by molar-refractivity contribution is -0.114. The molecule has 36 heavy (non-hydrogen) atoms. The highest BCUT2D eigenvalue weighted by Gasteiger charge is 2.37. The zero-order chi connectivity index (χ0) is 26.4. The molecular formula is C32H38O4. The summed E-state index contributed by atoms with van der Waals surface area (Å²) in [6, 6.07) is 3.23. The lowest BCUT2D eigenvalue weighted by atomic mass is 9.82. The molecule has 1 aromatic carbocycles. The Morgan fingerprint density at radius 1 is 0.861 bits per heavy atom. The van der Waals surface area contributed by atoms with Gasteiger partial charge in [0.25, 0.3) is 0 Å². The highest BCUT2D eigenvalue weighted by atomic mass is 16.5. The van der Waals surface area contributed by atoms with Crippen LogP contribution in [0.3, 0.4) is 0 Å². The molecule has 1 N–H and O–H groups in total. The van der Waals surface area contributed by atoms with Gasteiger partial charge in [0, 0.05) is 16.7 Å². The van der Waals surface area contributed by atoms with Crippen LogP contribution in [0.1, 0.15) is 78.4 Å². The van der Waals surface area contributed by atoms with Crippen LogP contribution in [0.25, 0.3) is 5.57 Å². The fourth-order valence-electron chi connectivity index (χ4n) is 4.50. The number of aromatic hydroxyl groups is 1. The Balaban J connectivity index is 2.00. The van der Waals surface area contributed by atoms with Gasteiger partial charge in [-0.3, -0.25) is 9.59 Å². The maximum absolute atomic E-state index is 13.0. The van der Waals surface area contributed by atoms with Crippen LogP contribution >= 0.6 is 0 Å². The number of ketones is 2. The first-order chi connectivity index (χ1) is 17.1. The fourth-order valence-corrected chi connectivity index (χ4v) is 4.50. The van der Waals surface area contributed by atoms with Crippen molar-refractivity contribution in [1.82, 2.24) is 0 Å². The summed E-state index contributed by atoms with van der Waals surface area (Å²) >= 11 is 0. The molecule has 1 atom stereocenters. The van der Waals surface area contributed by atoms with Crippen LogP contribution in [0.2, 0.25) is 0 Å². The summed E-state index contributed by atoms with van der Waals surface area (Å²) in [5.41, 5.74) is 6.89. The van der Waals surface area contributed by atoms with Crippen LogP contribution in [0.4, 0.5) is 0 Å². The quantitative estimate of drug-likeness (QED) is 0.289. The van der Waals surface area contributed by atoms with Crippen molar-refractivity contribution in [3.8, 4) is 11.5 Å². The van der Waals surface area contributed by atoms with Crippen molar-refractivity contribution >= 4 is 17.1 Å². The van der Waals surface area contributed by atoms with E-state index in [0.717, 1.165) is 36.8 Å². The van der Waals surface area contributed by atoms with E-state index in [1.165, 1.54) is 34.9 Å². The largest absolute Gasteiger partial charge is 0.508 e. The molecule has 1 heterocycles. The molecule has 4 nitrogen and oxygen atoms in total. The minimum Gasteiger partial charge on any atom is -0.508 e. The van der Waals surface area contributed by atoms with Crippen LogP contribution in [0.15, 0.2) is 76.5 Å². The van der Waals surface area contributed by atoms with E-state index in [9.17, 15) is 14.7 Å². The number of fused-ring (bicyclic) bond motifs is 2. The number of carbonyl (C=O) groups excluding carboxylic acids is 2. The summed E-state index contributed by atoms with van der Waals surface area (Å²) in [4.78, 5) is 25.9. The molecule has 3 rings (SSSR count). The van der Waals surface area contributed by atoms with Gasteiger partial charge < -0.3 is 9.84 Å². The third kappa shape index (κ3) is 6.84. The molecule has 0 radical (unpaired) electrons. The van der Waals surface area contributed by atoms with Gasteiger partial charge in [-0.1, -0.05) is 40.5 Å². The van der Waals surface area contributed by atoms with E-state index in [2.05, 4.69) is 52.8 Å². The standard InChI is InChI=1S/C32H38O4/c1-20(2)9-7-11-22(5)13-14-24-18-25(33)19-26-30-27(34)15-16-28(35)31(30)29(36-32(24)26)17-23(6)12-8-10-21(3)4/h9-10,13,15-19,29,33H,7-8,11-12,14H2,1-6H3/b22-13+,23-17+. The Labute approximate surface area is 215 Å². The van der Waals surface area contributed by atoms with Crippen molar-refractivity contribution in [2.75, 3.05) is 0 Å². The van der Waals surface area contributed by atoms with Crippen LogP contribution < -0.4 is 4.74 Å². The van der Waals surface area contributed by atoms with Crippen LogP contribution in [0.5, 0.6) is 11.5 Å². The van der Waals surface area contributed by atoms with Crippen molar-refractivity contribution < 1.29 is 19.4 Å². The molecule has 1 aliphatic heterocycles. The molecule has 0 saturated carbocycles. The van der Waals surface area contributed by atoms with E-state index in [-0.39, 0.29) is 17.3 Å². The van der Waals surface area contributed by atoms with Crippen LogP contribution in [0, 0.1) is 0 Å². The van der Waals surface area contributed by atoms with Crippen molar-refractivity contribution in [3.63, 3.8) is 0 Å². The molecule has 1 aromatic rings. The van der Waals surface area contributed by atoms with Crippen molar-refractivity contribution in [2.45, 2.75) is 79.8 Å². The van der Waals surface area contributed by atoms with Crippen molar-refractivity contribution in [2.24, 2.45) is 0 Å². The van der Waals surface area contributed by atoms with Gasteiger partial charge in [0.2, 0.25) is 0 Å². The van der Waals surface area contributed by atoms with E-state index in [1.807, 2.05) is 13.0 Å². The van der Waals surface area contributed by atoms with E-state index in [0.29, 0.717) is 28.9 Å². The number of hydrogen-bond donors (Lipinski definition) is 1. The zero-order valence-electron chi connectivity index (χ0n) is 22.4. The SMILES string of the molecule is CC(C)=CCC/C(C)=C/Cc1cc(O)cc2c1OC(/C=C(\C)CCC=C(C)C)C1=C2C(=O)C=CC1=O. The highest BCUT2D eigenvalue weighted by molar-refractivity contribution is 6.37. The Bertz CT molecular complexity index is 1220. The molecular weight excluding hydrogens is 448 g/mol. The van der Waals surface area contributed by atoms with E-state index in [4.69, 9.17) is 4.74 Å². The van der Waals surface area contributed by atoms with E-state index < -0.39 is 6.10 Å². The average molecular weight is 487 g/mol. The van der Waals surface area contributed by atoms with Gasteiger partial charge >= 0.3 is 0 Å². The maximum atomic E-state index is 13.0. The van der Waals surface area contributed by atoms with Gasteiger partial charge in [0.05, 0.1) is 5.57 Å². The number of ether oxygens (including phenoxy) is 1. The number of allylic oxidation sites excluding steroid dienone is 10. The van der Waals surface area contributed by atoms with Crippen molar-refractivity contribution in [1.29, 1.82) is 0 Å². The zero-order valence-corrected chi connectivity index (χ0v) is 22.4.